The average molecular weight is 292 g/mol. The number of rotatable bonds is 8. The second kappa shape index (κ2) is 6.12. The van der Waals surface area contributed by atoms with Gasteiger partial charge >= 0.3 is 0 Å². The van der Waals surface area contributed by atoms with E-state index in [0.29, 0.717) is 18.0 Å². The number of nitrogens with one attached hydrogen (secondary N) is 1. The highest BCUT2D eigenvalue weighted by Crippen LogP contribution is 2.49. The number of hydrogen-bond acceptors (Lipinski definition) is 3. The smallest absolute Gasteiger partial charge is 0.167 e. The Bertz CT molecular complexity index is 486. The molecule has 0 heterocycles. The first-order chi connectivity index (χ1) is 10.2. The lowest BCUT2D eigenvalue weighted by molar-refractivity contribution is 0.301. The Morgan fingerprint density at radius 2 is 1.95 bits per heavy atom. The first-order valence-corrected chi connectivity index (χ1v) is 8.14. The Morgan fingerprint density at radius 3 is 2.52 bits per heavy atom. The van der Waals surface area contributed by atoms with E-state index in [2.05, 4.69) is 5.32 Å². The molecule has 0 saturated heterocycles. The third kappa shape index (κ3) is 3.60. The van der Waals surface area contributed by atoms with Crippen molar-refractivity contribution >= 4 is 11.4 Å². The van der Waals surface area contributed by atoms with Crippen LogP contribution in [0.1, 0.15) is 39.0 Å². The van der Waals surface area contributed by atoms with E-state index in [1.54, 1.807) is 6.07 Å². The van der Waals surface area contributed by atoms with E-state index in [0.717, 1.165) is 36.4 Å². The van der Waals surface area contributed by atoms with E-state index >= 15 is 0 Å². The quantitative estimate of drug-likeness (QED) is 0.711. The highest BCUT2D eigenvalue weighted by molar-refractivity contribution is 5.68. The minimum Gasteiger partial charge on any atom is -0.490 e. The van der Waals surface area contributed by atoms with Gasteiger partial charge in [-0.25, -0.2) is 4.39 Å². The van der Waals surface area contributed by atoms with Crippen LogP contribution in [-0.2, 0) is 0 Å². The summed E-state index contributed by atoms with van der Waals surface area (Å²) in [7, 11) is 0. The highest BCUT2D eigenvalue weighted by atomic mass is 19.1. The van der Waals surface area contributed by atoms with Crippen molar-refractivity contribution in [3.05, 3.63) is 17.9 Å². The molecule has 4 heteroatoms. The molecule has 1 aromatic rings. The van der Waals surface area contributed by atoms with Crippen molar-refractivity contribution in [1.29, 1.82) is 0 Å². The molecule has 0 spiro atoms. The van der Waals surface area contributed by atoms with Gasteiger partial charge in [-0.3, -0.25) is 0 Å². The molecule has 2 saturated carbocycles. The lowest BCUT2D eigenvalue weighted by Crippen LogP contribution is -2.19. The van der Waals surface area contributed by atoms with Crippen molar-refractivity contribution in [3.63, 3.8) is 0 Å². The average Bonchev–Trinajstić information content (AvgIpc) is 3.34. The summed E-state index contributed by atoms with van der Waals surface area (Å²) in [4.78, 5) is 0. The molecule has 3 rings (SSSR count). The molecule has 3 nitrogen and oxygen atoms in total. The Morgan fingerprint density at radius 1 is 1.29 bits per heavy atom. The molecule has 0 unspecified atom stereocenters. The normalized spacial score (nSPS) is 18.0. The van der Waals surface area contributed by atoms with Crippen LogP contribution in [0.25, 0.3) is 0 Å². The molecular formula is C17H25FN2O. The molecule has 0 bridgehead atoms. The van der Waals surface area contributed by atoms with Crippen molar-refractivity contribution in [2.24, 2.45) is 17.8 Å². The van der Waals surface area contributed by atoms with Crippen LogP contribution in [0.15, 0.2) is 12.1 Å². The number of hydrogen-bond donors (Lipinski definition) is 2. The zero-order valence-corrected chi connectivity index (χ0v) is 12.7. The minimum absolute atomic E-state index is 0.294. The van der Waals surface area contributed by atoms with Crippen LogP contribution in [0.3, 0.4) is 0 Å². The number of ether oxygens (including phenoxy) is 1. The predicted octanol–water partition coefficient (Wildman–Crippen LogP) is 4.04. The van der Waals surface area contributed by atoms with Gasteiger partial charge in [0.1, 0.15) is 0 Å². The third-order valence-corrected chi connectivity index (χ3v) is 4.55. The number of nitrogen functional groups attached to an aromatic ring is 1. The summed E-state index contributed by atoms with van der Waals surface area (Å²) in [6, 6.07) is 3.06. The SMILES string of the molecule is CCCOc1cc(NCC(C2CC2)C2CC2)c(N)cc1F. The van der Waals surface area contributed by atoms with Crippen molar-refractivity contribution in [2.75, 3.05) is 24.2 Å². The van der Waals surface area contributed by atoms with E-state index in [9.17, 15) is 4.39 Å². The molecule has 0 atom stereocenters. The molecule has 116 valence electrons. The van der Waals surface area contributed by atoms with Crippen molar-refractivity contribution in [3.8, 4) is 5.75 Å². The summed E-state index contributed by atoms with van der Waals surface area (Å²) in [5.74, 6) is 2.45. The lowest BCUT2D eigenvalue weighted by atomic mass is 9.98. The van der Waals surface area contributed by atoms with Crippen LogP contribution in [0.5, 0.6) is 5.75 Å². The maximum Gasteiger partial charge on any atom is 0.167 e. The summed E-state index contributed by atoms with van der Waals surface area (Å²) in [6.45, 7) is 3.47. The molecule has 0 radical (unpaired) electrons. The van der Waals surface area contributed by atoms with Gasteiger partial charge in [-0.15, -0.1) is 0 Å². The van der Waals surface area contributed by atoms with Gasteiger partial charge in [-0.2, -0.15) is 0 Å². The molecular weight excluding hydrogens is 267 g/mol. The summed E-state index contributed by atoms with van der Waals surface area (Å²) in [5, 5.41) is 3.43. The van der Waals surface area contributed by atoms with Crippen LogP contribution < -0.4 is 15.8 Å². The van der Waals surface area contributed by atoms with E-state index in [1.807, 2.05) is 6.92 Å². The molecule has 2 aliphatic rings. The monoisotopic (exact) mass is 292 g/mol. The van der Waals surface area contributed by atoms with Gasteiger partial charge in [-0.05, 0) is 49.9 Å². The Balaban J connectivity index is 1.65. The molecule has 0 amide bonds. The summed E-state index contributed by atoms with van der Waals surface area (Å²) in [6.07, 6.45) is 6.33. The van der Waals surface area contributed by atoms with Crippen LogP contribution in [0.2, 0.25) is 0 Å². The fourth-order valence-electron chi connectivity index (χ4n) is 3.04. The van der Waals surface area contributed by atoms with Crippen LogP contribution in [0, 0.1) is 23.6 Å². The lowest BCUT2D eigenvalue weighted by Gasteiger charge is -2.19. The molecule has 0 aliphatic heterocycles. The second-order valence-corrected chi connectivity index (χ2v) is 6.44. The minimum atomic E-state index is -0.382. The zero-order chi connectivity index (χ0) is 14.8. The van der Waals surface area contributed by atoms with Gasteiger partial charge in [0.05, 0.1) is 18.0 Å². The van der Waals surface area contributed by atoms with Gasteiger partial charge in [0.15, 0.2) is 11.6 Å². The van der Waals surface area contributed by atoms with E-state index in [-0.39, 0.29) is 5.82 Å². The van der Waals surface area contributed by atoms with Gasteiger partial charge in [0.2, 0.25) is 0 Å². The summed E-state index contributed by atoms with van der Waals surface area (Å²) in [5.41, 5.74) is 7.19. The maximum absolute atomic E-state index is 13.8. The Hall–Kier alpha value is -1.45. The van der Waals surface area contributed by atoms with Crippen molar-refractivity contribution in [2.45, 2.75) is 39.0 Å². The maximum atomic E-state index is 13.8. The highest BCUT2D eigenvalue weighted by Gasteiger charge is 2.41. The number of nitrogens with two attached hydrogens (primary N) is 1. The van der Waals surface area contributed by atoms with Gasteiger partial charge < -0.3 is 15.8 Å². The molecule has 2 aliphatic carbocycles. The largest absolute Gasteiger partial charge is 0.490 e. The first kappa shape index (κ1) is 14.5. The standard InChI is InChI=1S/C17H25FN2O/c1-2-7-21-17-9-16(15(19)8-14(17)18)20-10-13(11-3-4-11)12-5-6-12/h8-9,11-13,20H,2-7,10,19H2,1H3. The number of benzene rings is 1. The fraction of sp³-hybridized carbons (Fsp3) is 0.647. The molecule has 0 aromatic heterocycles. The van der Waals surface area contributed by atoms with E-state index < -0.39 is 0 Å². The third-order valence-electron chi connectivity index (χ3n) is 4.55. The summed E-state index contributed by atoms with van der Waals surface area (Å²) >= 11 is 0. The summed E-state index contributed by atoms with van der Waals surface area (Å²) < 4.78 is 19.2. The number of anilines is 2. The van der Waals surface area contributed by atoms with Gasteiger partial charge in [0, 0.05) is 18.7 Å². The number of halogens is 1. The molecule has 3 N–H and O–H groups in total. The fourth-order valence-corrected chi connectivity index (χ4v) is 3.04. The second-order valence-electron chi connectivity index (χ2n) is 6.44. The van der Waals surface area contributed by atoms with Crippen LogP contribution in [0.4, 0.5) is 15.8 Å². The van der Waals surface area contributed by atoms with Crippen molar-refractivity contribution < 1.29 is 9.13 Å². The topological polar surface area (TPSA) is 47.3 Å². The van der Waals surface area contributed by atoms with Gasteiger partial charge in [0.25, 0.3) is 0 Å². The molecule has 1 aromatic carbocycles. The van der Waals surface area contributed by atoms with Crippen LogP contribution in [-0.4, -0.2) is 13.2 Å². The molecule has 2 fully saturated rings. The molecule has 21 heavy (non-hydrogen) atoms. The van der Waals surface area contributed by atoms with E-state index in [4.69, 9.17) is 10.5 Å². The van der Waals surface area contributed by atoms with Crippen LogP contribution >= 0.6 is 0 Å². The predicted molar refractivity (Wildman–Crippen MR) is 84.0 cm³/mol. The Labute approximate surface area is 126 Å². The van der Waals surface area contributed by atoms with Gasteiger partial charge in [-0.1, -0.05) is 6.92 Å². The zero-order valence-electron chi connectivity index (χ0n) is 12.7. The Kier molecular flexibility index (Phi) is 4.22. The van der Waals surface area contributed by atoms with Crippen molar-refractivity contribution in [1.82, 2.24) is 0 Å². The van der Waals surface area contributed by atoms with E-state index in [1.165, 1.54) is 31.7 Å². The first-order valence-electron chi connectivity index (χ1n) is 8.14.